The molecule has 2 rings (SSSR count). The maximum atomic E-state index is 6.09. The molecule has 2 N–H and O–H groups in total. The molecule has 0 bridgehead atoms. The fourth-order valence-electron chi connectivity index (χ4n) is 2.06. The first-order chi connectivity index (χ1) is 9.02. The molecular weight excluding hydrogens is 301 g/mol. The van der Waals surface area contributed by atoms with E-state index in [1.165, 1.54) is 0 Å². The van der Waals surface area contributed by atoms with Crippen LogP contribution in [0.3, 0.4) is 0 Å². The van der Waals surface area contributed by atoms with Crippen molar-refractivity contribution in [1.29, 1.82) is 0 Å². The minimum absolute atomic E-state index is 0.504. The van der Waals surface area contributed by atoms with E-state index in [0.717, 1.165) is 36.2 Å². The maximum absolute atomic E-state index is 6.09. The number of hydrogen-bond donors (Lipinski definition) is 1. The molecule has 2 aromatic rings. The van der Waals surface area contributed by atoms with Crippen LogP contribution in [-0.4, -0.2) is 14.5 Å². The molecule has 0 aliphatic heterocycles. The molecule has 0 aliphatic carbocycles. The molecule has 0 unspecified atom stereocenters. The van der Waals surface area contributed by atoms with Crippen molar-refractivity contribution in [2.45, 2.75) is 32.7 Å². The van der Waals surface area contributed by atoms with Crippen LogP contribution in [0.1, 0.15) is 25.6 Å². The number of imidazole rings is 1. The van der Waals surface area contributed by atoms with E-state index in [0.29, 0.717) is 21.5 Å². The van der Waals surface area contributed by atoms with Gasteiger partial charge in [0.25, 0.3) is 0 Å². The molecule has 0 saturated carbocycles. The third-order valence-corrected chi connectivity index (χ3v) is 3.85. The molecule has 0 saturated heterocycles. The fraction of sp³-hybridized carbons (Fsp3) is 0.385. The van der Waals surface area contributed by atoms with Gasteiger partial charge in [-0.05, 0) is 18.6 Å². The third-order valence-electron chi connectivity index (χ3n) is 2.92. The number of thiocarbonyl (C=S) groups is 1. The van der Waals surface area contributed by atoms with Gasteiger partial charge in [-0.25, -0.2) is 4.98 Å². The van der Waals surface area contributed by atoms with E-state index >= 15 is 0 Å². The van der Waals surface area contributed by atoms with Crippen LogP contribution in [0.15, 0.2) is 12.1 Å². The lowest BCUT2D eigenvalue weighted by atomic mass is 10.3. The molecule has 1 aromatic carbocycles. The Kier molecular flexibility index (Phi) is 4.66. The van der Waals surface area contributed by atoms with E-state index in [1.807, 2.05) is 6.07 Å². The summed E-state index contributed by atoms with van der Waals surface area (Å²) in [5.74, 6) is 1.02. The average Bonchev–Trinajstić information content (AvgIpc) is 2.65. The monoisotopic (exact) mass is 315 g/mol. The van der Waals surface area contributed by atoms with Crippen LogP contribution in [0.5, 0.6) is 0 Å². The SMILES string of the molecule is CCCc1nc2cc(Cl)c(Cl)cc2n1CCC(N)=S. The van der Waals surface area contributed by atoms with E-state index in [2.05, 4.69) is 16.5 Å². The van der Waals surface area contributed by atoms with Gasteiger partial charge in [-0.3, -0.25) is 0 Å². The Bertz CT molecular complexity index is 622. The van der Waals surface area contributed by atoms with Crippen LogP contribution in [0, 0.1) is 0 Å². The summed E-state index contributed by atoms with van der Waals surface area (Å²) in [5, 5.41) is 1.06. The highest BCUT2D eigenvalue weighted by atomic mass is 35.5. The molecular formula is C13H15Cl2N3S. The quantitative estimate of drug-likeness (QED) is 0.849. The highest BCUT2D eigenvalue weighted by Crippen LogP contribution is 2.28. The number of rotatable bonds is 5. The van der Waals surface area contributed by atoms with Crippen molar-refractivity contribution in [3.8, 4) is 0 Å². The van der Waals surface area contributed by atoms with Crippen molar-refractivity contribution in [3.63, 3.8) is 0 Å². The second-order valence-corrected chi connectivity index (χ2v) is 5.74. The van der Waals surface area contributed by atoms with E-state index in [9.17, 15) is 0 Å². The summed E-state index contributed by atoms with van der Waals surface area (Å²) in [4.78, 5) is 5.12. The number of nitrogens with zero attached hydrogens (tertiary/aromatic N) is 2. The van der Waals surface area contributed by atoms with E-state index in [1.54, 1.807) is 6.07 Å². The number of aromatic nitrogens is 2. The molecule has 19 heavy (non-hydrogen) atoms. The third kappa shape index (κ3) is 3.19. The molecule has 3 nitrogen and oxygen atoms in total. The molecule has 0 aliphatic rings. The number of fused-ring (bicyclic) bond motifs is 1. The van der Waals surface area contributed by atoms with Gasteiger partial charge in [0.2, 0.25) is 0 Å². The number of hydrogen-bond acceptors (Lipinski definition) is 2. The fourth-order valence-corrected chi connectivity index (χ4v) is 2.46. The summed E-state index contributed by atoms with van der Waals surface area (Å²) in [7, 11) is 0. The smallest absolute Gasteiger partial charge is 0.109 e. The van der Waals surface area contributed by atoms with Gasteiger partial charge in [0, 0.05) is 19.4 Å². The largest absolute Gasteiger partial charge is 0.393 e. The number of halogens is 2. The van der Waals surface area contributed by atoms with Gasteiger partial charge in [-0.2, -0.15) is 0 Å². The number of aryl methyl sites for hydroxylation is 2. The second-order valence-electron chi connectivity index (χ2n) is 4.40. The van der Waals surface area contributed by atoms with Crippen LogP contribution in [-0.2, 0) is 13.0 Å². The van der Waals surface area contributed by atoms with Crippen molar-refractivity contribution in [1.82, 2.24) is 9.55 Å². The van der Waals surface area contributed by atoms with Crippen LogP contribution >= 0.6 is 35.4 Å². The first kappa shape index (κ1) is 14.6. The molecule has 0 spiro atoms. The van der Waals surface area contributed by atoms with Crippen molar-refractivity contribution in [3.05, 3.63) is 28.0 Å². The summed E-state index contributed by atoms with van der Waals surface area (Å²) in [6.07, 6.45) is 2.58. The minimum Gasteiger partial charge on any atom is -0.393 e. The summed E-state index contributed by atoms with van der Waals surface area (Å²) in [5.41, 5.74) is 7.42. The molecule has 6 heteroatoms. The van der Waals surface area contributed by atoms with Crippen LogP contribution in [0.25, 0.3) is 11.0 Å². The first-order valence-corrected chi connectivity index (χ1v) is 7.31. The Morgan fingerprint density at radius 3 is 2.68 bits per heavy atom. The van der Waals surface area contributed by atoms with Crippen LogP contribution < -0.4 is 5.73 Å². The van der Waals surface area contributed by atoms with Crippen molar-refractivity contribution >= 4 is 51.4 Å². The van der Waals surface area contributed by atoms with Crippen LogP contribution in [0.2, 0.25) is 10.0 Å². The van der Waals surface area contributed by atoms with Gasteiger partial charge in [0.1, 0.15) is 5.82 Å². The Balaban J connectivity index is 2.51. The minimum atomic E-state index is 0.504. The standard InChI is InChI=1S/C13H15Cl2N3S/c1-2-3-13-17-10-6-8(14)9(15)7-11(10)18(13)5-4-12(16)19/h6-7H,2-5H2,1H3,(H2,16,19). The first-order valence-electron chi connectivity index (χ1n) is 6.15. The van der Waals surface area contributed by atoms with Gasteiger partial charge in [-0.1, -0.05) is 42.3 Å². The zero-order valence-corrected chi connectivity index (χ0v) is 12.9. The molecule has 0 radical (unpaired) electrons. The maximum Gasteiger partial charge on any atom is 0.109 e. The van der Waals surface area contributed by atoms with Gasteiger partial charge in [0.05, 0.1) is 26.1 Å². The van der Waals surface area contributed by atoms with Gasteiger partial charge < -0.3 is 10.3 Å². The second kappa shape index (κ2) is 6.07. The lowest BCUT2D eigenvalue weighted by molar-refractivity contribution is 0.678. The zero-order chi connectivity index (χ0) is 14.0. The summed E-state index contributed by atoms with van der Waals surface area (Å²) in [6.45, 7) is 2.84. The lowest BCUT2D eigenvalue weighted by Gasteiger charge is -2.08. The Morgan fingerprint density at radius 1 is 1.37 bits per heavy atom. The van der Waals surface area contributed by atoms with Gasteiger partial charge >= 0.3 is 0 Å². The molecule has 0 amide bonds. The normalized spacial score (nSPS) is 11.1. The summed E-state index contributed by atoms with van der Waals surface area (Å²) >= 11 is 17.1. The van der Waals surface area contributed by atoms with Crippen LogP contribution in [0.4, 0.5) is 0 Å². The Morgan fingerprint density at radius 2 is 2.05 bits per heavy atom. The predicted molar refractivity (Wildman–Crippen MR) is 85.2 cm³/mol. The zero-order valence-electron chi connectivity index (χ0n) is 10.6. The van der Waals surface area contributed by atoms with Gasteiger partial charge in [-0.15, -0.1) is 0 Å². The summed E-state index contributed by atoms with van der Waals surface area (Å²) in [6, 6.07) is 3.65. The highest BCUT2D eigenvalue weighted by Gasteiger charge is 2.12. The summed E-state index contributed by atoms with van der Waals surface area (Å²) < 4.78 is 2.13. The molecule has 1 aromatic heterocycles. The predicted octanol–water partition coefficient (Wildman–Crippen LogP) is 3.97. The molecule has 0 fully saturated rings. The Labute approximate surface area is 127 Å². The van der Waals surface area contributed by atoms with E-state index in [4.69, 9.17) is 41.2 Å². The van der Waals surface area contributed by atoms with E-state index in [-0.39, 0.29) is 0 Å². The molecule has 102 valence electrons. The van der Waals surface area contributed by atoms with Crippen molar-refractivity contribution in [2.75, 3.05) is 0 Å². The molecule has 1 heterocycles. The number of benzene rings is 1. The van der Waals surface area contributed by atoms with Crippen molar-refractivity contribution < 1.29 is 0 Å². The highest BCUT2D eigenvalue weighted by molar-refractivity contribution is 7.80. The van der Waals surface area contributed by atoms with Gasteiger partial charge in [0.15, 0.2) is 0 Å². The van der Waals surface area contributed by atoms with E-state index < -0.39 is 0 Å². The average molecular weight is 316 g/mol. The Hall–Kier alpha value is -0.840. The lowest BCUT2D eigenvalue weighted by Crippen LogP contribution is -2.13. The number of nitrogens with two attached hydrogens (primary N) is 1. The van der Waals surface area contributed by atoms with Crippen molar-refractivity contribution in [2.24, 2.45) is 5.73 Å². The topological polar surface area (TPSA) is 43.8 Å². The molecule has 0 atom stereocenters.